The van der Waals surface area contributed by atoms with Crippen LogP contribution in [0.25, 0.3) is 0 Å². The van der Waals surface area contributed by atoms with E-state index in [9.17, 15) is 14.4 Å². The van der Waals surface area contributed by atoms with E-state index >= 15 is 0 Å². The Balaban J connectivity index is 1.36. The highest BCUT2D eigenvalue weighted by Gasteiger charge is 2.34. The Kier molecular flexibility index (Phi) is 6.23. The van der Waals surface area contributed by atoms with Gasteiger partial charge < -0.3 is 10.2 Å². The van der Waals surface area contributed by atoms with Gasteiger partial charge in [0.1, 0.15) is 0 Å². The van der Waals surface area contributed by atoms with E-state index in [2.05, 4.69) is 17.4 Å². The number of carbonyl (C=O) groups is 3. The molecule has 2 aliphatic rings. The molecule has 1 saturated heterocycles. The lowest BCUT2D eigenvalue weighted by Gasteiger charge is -2.25. The highest BCUT2D eigenvalue weighted by molar-refractivity contribution is 6.21. The van der Waals surface area contributed by atoms with Crippen LogP contribution in [0.1, 0.15) is 58.0 Å². The van der Waals surface area contributed by atoms with Gasteiger partial charge in [0, 0.05) is 32.1 Å². The van der Waals surface area contributed by atoms with Crippen LogP contribution in [0.15, 0.2) is 54.6 Å². The second-order valence-corrected chi connectivity index (χ2v) is 7.87. The lowest BCUT2D eigenvalue weighted by Crippen LogP contribution is -2.37. The van der Waals surface area contributed by atoms with Crippen LogP contribution in [0.4, 0.5) is 0 Å². The Morgan fingerprint density at radius 1 is 0.833 bits per heavy atom. The number of rotatable bonds is 5. The zero-order chi connectivity index (χ0) is 20.9. The first-order valence-electron chi connectivity index (χ1n) is 10.7. The molecule has 0 bridgehead atoms. The van der Waals surface area contributed by atoms with Crippen molar-refractivity contribution < 1.29 is 14.4 Å². The molecule has 6 heteroatoms. The van der Waals surface area contributed by atoms with Gasteiger partial charge in [-0.1, -0.05) is 42.5 Å². The molecule has 2 aliphatic heterocycles. The summed E-state index contributed by atoms with van der Waals surface area (Å²) in [5.74, 6) is -0.361. The van der Waals surface area contributed by atoms with Gasteiger partial charge in [0.15, 0.2) is 0 Å². The summed E-state index contributed by atoms with van der Waals surface area (Å²) in [5, 5.41) is 3.51. The minimum Gasteiger partial charge on any atom is -0.343 e. The third-order valence-electron chi connectivity index (χ3n) is 5.87. The van der Waals surface area contributed by atoms with Crippen molar-refractivity contribution in [2.45, 2.75) is 31.7 Å². The Morgan fingerprint density at radius 2 is 1.50 bits per heavy atom. The van der Waals surface area contributed by atoms with Crippen molar-refractivity contribution in [2.75, 3.05) is 26.2 Å². The van der Waals surface area contributed by atoms with Gasteiger partial charge in [0.05, 0.1) is 11.1 Å². The number of nitrogens with one attached hydrogen (secondary N) is 1. The molecule has 156 valence electrons. The summed E-state index contributed by atoms with van der Waals surface area (Å²) in [6.07, 6.45) is 2.94. The van der Waals surface area contributed by atoms with Crippen molar-refractivity contribution in [1.82, 2.24) is 15.1 Å². The summed E-state index contributed by atoms with van der Waals surface area (Å²) in [4.78, 5) is 41.2. The maximum atomic E-state index is 13.0. The molecule has 2 heterocycles. The average Bonchev–Trinajstić information content (AvgIpc) is 3.06. The van der Waals surface area contributed by atoms with E-state index in [-0.39, 0.29) is 23.8 Å². The second-order valence-electron chi connectivity index (χ2n) is 7.87. The van der Waals surface area contributed by atoms with E-state index < -0.39 is 0 Å². The minimum atomic E-state index is -0.236. The Morgan fingerprint density at radius 3 is 2.20 bits per heavy atom. The third-order valence-corrected chi connectivity index (χ3v) is 5.87. The van der Waals surface area contributed by atoms with Gasteiger partial charge in [-0.2, -0.15) is 0 Å². The van der Waals surface area contributed by atoms with Crippen LogP contribution < -0.4 is 5.32 Å². The summed E-state index contributed by atoms with van der Waals surface area (Å²) >= 11 is 0. The van der Waals surface area contributed by atoms with Gasteiger partial charge in [-0.3, -0.25) is 19.3 Å². The lowest BCUT2D eigenvalue weighted by atomic mass is 10.0. The zero-order valence-corrected chi connectivity index (χ0v) is 17.0. The fraction of sp³-hybridized carbons (Fsp3) is 0.375. The van der Waals surface area contributed by atoms with Gasteiger partial charge >= 0.3 is 0 Å². The molecule has 2 aromatic carbocycles. The van der Waals surface area contributed by atoms with Crippen molar-refractivity contribution in [3.8, 4) is 0 Å². The smallest absolute Gasteiger partial charge is 0.261 e. The predicted molar refractivity (Wildman–Crippen MR) is 114 cm³/mol. The first kappa shape index (κ1) is 20.3. The van der Waals surface area contributed by atoms with Crippen LogP contribution in [-0.2, 0) is 4.79 Å². The second kappa shape index (κ2) is 9.22. The lowest BCUT2D eigenvalue weighted by molar-refractivity contribution is -0.131. The Labute approximate surface area is 176 Å². The molecule has 1 fully saturated rings. The molecule has 0 radical (unpaired) electrons. The van der Waals surface area contributed by atoms with E-state index in [4.69, 9.17) is 0 Å². The molecule has 30 heavy (non-hydrogen) atoms. The maximum Gasteiger partial charge on any atom is 0.261 e. The predicted octanol–water partition coefficient (Wildman–Crippen LogP) is 3.02. The molecule has 4 rings (SSSR count). The van der Waals surface area contributed by atoms with Crippen LogP contribution in [-0.4, -0.2) is 53.7 Å². The summed E-state index contributed by atoms with van der Waals surface area (Å²) in [6.45, 7) is 2.48. The van der Waals surface area contributed by atoms with Gasteiger partial charge in [0.2, 0.25) is 5.91 Å². The topological polar surface area (TPSA) is 69.7 Å². The molecule has 0 aliphatic carbocycles. The van der Waals surface area contributed by atoms with Crippen molar-refractivity contribution in [3.63, 3.8) is 0 Å². The molecule has 6 nitrogen and oxygen atoms in total. The molecule has 1 unspecified atom stereocenters. The monoisotopic (exact) mass is 405 g/mol. The molecule has 0 saturated carbocycles. The number of carbonyl (C=O) groups excluding carboxylic acids is 3. The standard InChI is InChI=1S/C24H27N3O3/c28-22-17-21(18-9-2-1-3-10-18)25-13-6-7-14-26(22)15-8-16-27-23(29)19-11-4-5-12-20(19)24(27)30/h1-5,9-12,21,25H,6-8,13-17H2. The number of nitrogens with zero attached hydrogens (tertiary/aromatic N) is 2. The molecular weight excluding hydrogens is 378 g/mol. The van der Waals surface area contributed by atoms with Crippen LogP contribution in [0, 0.1) is 0 Å². The fourth-order valence-electron chi connectivity index (χ4n) is 4.22. The zero-order valence-electron chi connectivity index (χ0n) is 17.0. The molecule has 1 atom stereocenters. The number of hydrogen-bond acceptors (Lipinski definition) is 4. The number of imide groups is 1. The normalized spacial score (nSPS) is 20.0. The molecule has 3 amide bonds. The highest BCUT2D eigenvalue weighted by atomic mass is 16.2. The van der Waals surface area contributed by atoms with Crippen LogP contribution >= 0.6 is 0 Å². The largest absolute Gasteiger partial charge is 0.343 e. The van der Waals surface area contributed by atoms with E-state index in [0.717, 1.165) is 24.9 Å². The number of benzene rings is 2. The summed E-state index contributed by atoms with van der Waals surface area (Å²) in [5.41, 5.74) is 2.06. The van der Waals surface area contributed by atoms with E-state index in [1.807, 2.05) is 23.1 Å². The van der Waals surface area contributed by atoms with Gasteiger partial charge in [-0.05, 0) is 43.5 Å². The minimum absolute atomic E-state index is 0.00976. The quantitative estimate of drug-likeness (QED) is 0.777. The van der Waals surface area contributed by atoms with Crippen LogP contribution in [0.3, 0.4) is 0 Å². The van der Waals surface area contributed by atoms with E-state index in [1.54, 1.807) is 24.3 Å². The highest BCUT2D eigenvalue weighted by Crippen LogP contribution is 2.23. The molecule has 2 aromatic rings. The molecule has 0 spiro atoms. The fourth-order valence-corrected chi connectivity index (χ4v) is 4.22. The third kappa shape index (κ3) is 4.28. The van der Waals surface area contributed by atoms with Crippen LogP contribution in [0.2, 0.25) is 0 Å². The Hall–Kier alpha value is -2.99. The van der Waals surface area contributed by atoms with Gasteiger partial charge in [0.25, 0.3) is 11.8 Å². The van der Waals surface area contributed by atoms with Crippen molar-refractivity contribution >= 4 is 17.7 Å². The number of fused-ring (bicyclic) bond motifs is 1. The summed E-state index contributed by atoms with van der Waals surface area (Å²) in [6, 6.07) is 17.0. The Bertz CT molecular complexity index is 893. The van der Waals surface area contributed by atoms with Gasteiger partial charge in [-0.15, -0.1) is 0 Å². The number of hydrogen-bond donors (Lipinski definition) is 1. The average molecular weight is 405 g/mol. The van der Waals surface area contributed by atoms with E-state index in [1.165, 1.54) is 4.90 Å². The van der Waals surface area contributed by atoms with Crippen LogP contribution in [0.5, 0.6) is 0 Å². The van der Waals surface area contributed by atoms with Crippen molar-refractivity contribution in [1.29, 1.82) is 0 Å². The molecule has 1 N–H and O–H groups in total. The molecular formula is C24H27N3O3. The summed E-state index contributed by atoms with van der Waals surface area (Å²) in [7, 11) is 0. The maximum absolute atomic E-state index is 13.0. The first-order valence-corrected chi connectivity index (χ1v) is 10.7. The SMILES string of the molecule is O=C1CC(c2ccccc2)NCCCCN1CCCN1C(=O)c2ccccc2C1=O. The van der Waals surface area contributed by atoms with Crippen molar-refractivity contribution in [2.24, 2.45) is 0 Å². The number of amides is 3. The summed E-state index contributed by atoms with van der Waals surface area (Å²) < 4.78 is 0. The van der Waals surface area contributed by atoms with Gasteiger partial charge in [-0.25, -0.2) is 0 Å². The van der Waals surface area contributed by atoms with Crippen molar-refractivity contribution in [3.05, 3.63) is 71.3 Å². The molecule has 0 aromatic heterocycles. The first-order chi connectivity index (χ1) is 14.6. The van der Waals surface area contributed by atoms with E-state index in [0.29, 0.717) is 43.6 Å².